The number of aryl methyl sites for hydroxylation is 1. The van der Waals surface area contributed by atoms with Gasteiger partial charge in [0.2, 0.25) is 0 Å². The number of rotatable bonds is 7. The van der Waals surface area contributed by atoms with E-state index in [0.29, 0.717) is 12.0 Å². The molecule has 0 aliphatic heterocycles. The van der Waals surface area contributed by atoms with Crippen molar-refractivity contribution in [3.8, 4) is 0 Å². The molecule has 1 aliphatic carbocycles. The molecule has 1 saturated carbocycles. The van der Waals surface area contributed by atoms with Gasteiger partial charge < -0.3 is 4.74 Å². The Hall–Kier alpha value is -0.120. The van der Waals surface area contributed by atoms with Crippen LogP contribution in [0.15, 0.2) is 5.38 Å². The predicted molar refractivity (Wildman–Crippen MR) is 82.0 cm³/mol. The van der Waals surface area contributed by atoms with Crippen LogP contribution in [-0.4, -0.2) is 17.7 Å². The zero-order valence-electron chi connectivity index (χ0n) is 11.7. The molecule has 0 saturated heterocycles. The molecule has 19 heavy (non-hydrogen) atoms. The first-order valence-electron chi connectivity index (χ1n) is 7.42. The minimum absolute atomic E-state index is 0.508. The number of thiazole rings is 1. The zero-order valence-corrected chi connectivity index (χ0v) is 13.3. The summed E-state index contributed by atoms with van der Waals surface area (Å²) in [6, 6.07) is 0. The van der Waals surface area contributed by atoms with Crippen LogP contribution in [0.4, 0.5) is 0 Å². The van der Waals surface area contributed by atoms with E-state index in [9.17, 15) is 0 Å². The maximum absolute atomic E-state index is 6.02. The Labute approximate surface area is 125 Å². The van der Waals surface area contributed by atoms with Gasteiger partial charge in [0.1, 0.15) is 0 Å². The molecule has 0 bridgehead atoms. The highest BCUT2D eigenvalue weighted by molar-refractivity contribution is 7.09. The third-order valence-electron chi connectivity index (χ3n) is 3.94. The third kappa shape index (κ3) is 5.05. The average Bonchev–Trinajstić information content (AvgIpc) is 2.92. The molecule has 1 fully saturated rings. The molecule has 0 spiro atoms. The summed E-state index contributed by atoms with van der Waals surface area (Å²) in [5, 5.41) is 3.24. The van der Waals surface area contributed by atoms with E-state index >= 15 is 0 Å². The van der Waals surface area contributed by atoms with Crippen molar-refractivity contribution in [1.82, 2.24) is 4.98 Å². The van der Waals surface area contributed by atoms with E-state index in [2.05, 4.69) is 17.3 Å². The Kier molecular flexibility index (Phi) is 6.62. The Morgan fingerprint density at radius 1 is 1.47 bits per heavy atom. The van der Waals surface area contributed by atoms with Gasteiger partial charge in [-0.25, -0.2) is 4.98 Å². The predicted octanol–water partition coefficient (Wildman–Crippen LogP) is 4.80. The second kappa shape index (κ2) is 8.23. The van der Waals surface area contributed by atoms with E-state index in [-0.39, 0.29) is 0 Å². The molecule has 0 N–H and O–H groups in total. The van der Waals surface area contributed by atoms with Crippen molar-refractivity contribution >= 4 is 22.9 Å². The molecule has 2 nitrogen and oxygen atoms in total. The molecule has 0 aromatic carbocycles. The Balaban J connectivity index is 1.61. The SMILES string of the molecule is CCC1CCCC(OCCCc2nc(CCl)cs2)C1. The summed E-state index contributed by atoms with van der Waals surface area (Å²) in [5.41, 5.74) is 1.00. The van der Waals surface area contributed by atoms with Crippen LogP contribution in [0.1, 0.15) is 56.2 Å². The van der Waals surface area contributed by atoms with Crippen LogP contribution in [0.5, 0.6) is 0 Å². The Morgan fingerprint density at radius 2 is 2.37 bits per heavy atom. The van der Waals surface area contributed by atoms with Gasteiger partial charge >= 0.3 is 0 Å². The summed E-state index contributed by atoms with van der Waals surface area (Å²) in [4.78, 5) is 4.47. The van der Waals surface area contributed by atoms with Gasteiger partial charge in [0.15, 0.2) is 0 Å². The van der Waals surface area contributed by atoms with Crippen molar-refractivity contribution in [2.75, 3.05) is 6.61 Å². The first-order chi connectivity index (χ1) is 9.31. The fraction of sp³-hybridized carbons (Fsp3) is 0.800. The van der Waals surface area contributed by atoms with Gasteiger partial charge in [0.05, 0.1) is 22.7 Å². The fourth-order valence-electron chi connectivity index (χ4n) is 2.76. The number of hydrogen-bond donors (Lipinski definition) is 0. The number of alkyl halides is 1. The molecule has 108 valence electrons. The monoisotopic (exact) mass is 301 g/mol. The molecule has 0 radical (unpaired) electrons. The van der Waals surface area contributed by atoms with Gasteiger partial charge in [-0.2, -0.15) is 0 Å². The molecular formula is C15H24ClNOS. The van der Waals surface area contributed by atoms with E-state index in [1.807, 2.05) is 0 Å². The van der Waals surface area contributed by atoms with E-state index in [1.54, 1.807) is 11.3 Å². The van der Waals surface area contributed by atoms with E-state index in [4.69, 9.17) is 16.3 Å². The summed E-state index contributed by atoms with van der Waals surface area (Å²) in [6.45, 7) is 3.17. The van der Waals surface area contributed by atoms with E-state index in [0.717, 1.165) is 31.1 Å². The van der Waals surface area contributed by atoms with Crippen LogP contribution in [0.3, 0.4) is 0 Å². The smallest absolute Gasteiger partial charge is 0.0929 e. The lowest BCUT2D eigenvalue weighted by molar-refractivity contribution is 0.0115. The molecule has 1 aromatic heterocycles. The number of nitrogens with zero attached hydrogens (tertiary/aromatic N) is 1. The van der Waals surface area contributed by atoms with Gasteiger partial charge in [0.25, 0.3) is 0 Å². The molecule has 2 unspecified atom stereocenters. The van der Waals surface area contributed by atoms with Crippen molar-refractivity contribution in [2.24, 2.45) is 5.92 Å². The van der Waals surface area contributed by atoms with Crippen molar-refractivity contribution in [3.05, 3.63) is 16.1 Å². The number of halogens is 1. The Bertz CT molecular complexity index is 369. The van der Waals surface area contributed by atoms with Crippen LogP contribution >= 0.6 is 22.9 Å². The van der Waals surface area contributed by atoms with Crippen molar-refractivity contribution in [1.29, 1.82) is 0 Å². The molecule has 1 aromatic rings. The van der Waals surface area contributed by atoms with Crippen molar-refractivity contribution in [3.63, 3.8) is 0 Å². The second-order valence-electron chi connectivity index (χ2n) is 5.40. The highest BCUT2D eigenvalue weighted by atomic mass is 35.5. The summed E-state index contributed by atoms with van der Waals surface area (Å²) in [7, 11) is 0. The van der Waals surface area contributed by atoms with Gasteiger partial charge in [-0.05, 0) is 25.2 Å². The van der Waals surface area contributed by atoms with Crippen molar-refractivity contribution in [2.45, 2.75) is 63.9 Å². The van der Waals surface area contributed by atoms with Gasteiger partial charge in [-0.15, -0.1) is 22.9 Å². The number of aromatic nitrogens is 1. The number of hydrogen-bond acceptors (Lipinski definition) is 3. The van der Waals surface area contributed by atoms with Gasteiger partial charge in [-0.1, -0.05) is 26.2 Å². The van der Waals surface area contributed by atoms with E-state index in [1.165, 1.54) is 37.1 Å². The van der Waals surface area contributed by atoms with Crippen LogP contribution in [0, 0.1) is 5.92 Å². The normalized spacial score (nSPS) is 23.7. The van der Waals surface area contributed by atoms with Crippen molar-refractivity contribution < 1.29 is 4.74 Å². The molecular weight excluding hydrogens is 278 g/mol. The number of ether oxygens (including phenoxy) is 1. The lowest BCUT2D eigenvalue weighted by Gasteiger charge is -2.28. The molecule has 2 rings (SSSR count). The fourth-order valence-corrected chi connectivity index (χ4v) is 3.83. The van der Waals surface area contributed by atoms with Crippen LogP contribution in [-0.2, 0) is 17.0 Å². The maximum atomic E-state index is 6.02. The molecule has 1 aliphatic rings. The minimum Gasteiger partial charge on any atom is -0.378 e. The highest BCUT2D eigenvalue weighted by Gasteiger charge is 2.20. The minimum atomic E-state index is 0.508. The first kappa shape index (κ1) is 15.3. The summed E-state index contributed by atoms with van der Waals surface area (Å²) < 4.78 is 6.02. The summed E-state index contributed by atoms with van der Waals surface area (Å²) in [5.74, 6) is 1.41. The second-order valence-corrected chi connectivity index (χ2v) is 6.61. The Morgan fingerprint density at radius 3 is 3.11 bits per heavy atom. The average molecular weight is 302 g/mol. The topological polar surface area (TPSA) is 22.1 Å². The van der Waals surface area contributed by atoms with Crippen LogP contribution in [0.25, 0.3) is 0 Å². The summed E-state index contributed by atoms with van der Waals surface area (Å²) >= 11 is 7.46. The largest absolute Gasteiger partial charge is 0.378 e. The molecule has 0 amide bonds. The third-order valence-corrected chi connectivity index (χ3v) is 5.17. The lowest BCUT2D eigenvalue weighted by Crippen LogP contribution is -2.23. The first-order valence-corrected chi connectivity index (χ1v) is 8.84. The van der Waals surface area contributed by atoms with Crippen LogP contribution in [0.2, 0.25) is 0 Å². The summed E-state index contributed by atoms with van der Waals surface area (Å²) in [6.07, 6.45) is 9.17. The highest BCUT2D eigenvalue weighted by Crippen LogP contribution is 2.28. The standard InChI is InChI=1S/C15H24ClNOS/c1-2-12-5-3-6-14(9-12)18-8-4-7-15-17-13(10-16)11-19-15/h11-12,14H,2-10H2,1H3. The molecule has 2 atom stereocenters. The van der Waals surface area contributed by atoms with Gasteiger partial charge in [-0.3, -0.25) is 0 Å². The molecule has 4 heteroatoms. The lowest BCUT2D eigenvalue weighted by atomic mass is 9.85. The van der Waals surface area contributed by atoms with Gasteiger partial charge in [0, 0.05) is 18.4 Å². The van der Waals surface area contributed by atoms with E-state index < -0.39 is 0 Å². The maximum Gasteiger partial charge on any atom is 0.0929 e. The van der Waals surface area contributed by atoms with Crippen LogP contribution < -0.4 is 0 Å². The zero-order chi connectivity index (χ0) is 13.5. The molecule has 1 heterocycles. The quantitative estimate of drug-likeness (QED) is 0.533.